The molecular formula is C15H22N2O2. The van der Waals surface area contributed by atoms with E-state index >= 15 is 0 Å². The van der Waals surface area contributed by atoms with Crippen molar-refractivity contribution in [3.05, 3.63) is 29.3 Å². The van der Waals surface area contributed by atoms with Crippen molar-refractivity contribution < 1.29 is 9.53 Å². The maximum atomic E-state index is 12.2. The lowest BCUT2D eigenvalue weighted by atomic mass is 10.0. The van der Waals surface area contributed by atoms with Gasteiger partial charge in [-0.2, -0.15) is 0 Å². The number of rotatable bonds is 6. The Bertz CT molecular complexity index is 447. The maximum absolute atomic E-state index is 12.2. The van der Waals surface area contributed by atoms with Gasteiger partial charge in [0.2, 0.25) is 0 Å². The van der Waals surface area contributed by atoms with Gasteiger partial charge in [0.05, 0.1) is 5.56 Å². The van der Waals surface area contributed by atoms with Crippen LogP contribution >= 0.6 is 0 Å². The van der Waals surface area contributed by atoms with Crippen LogP contribution in [0.5, 0.6) is 0 Å². The Morgan fingerprint density at radius 1 is 1.47 bits per heavy atom. The summed E-state index contributed by atoms with van der Waals surface area (Å²) < 4.78 is 5.11. The molecule has 1 fully saturated rings. The standard InChI is InChI=1S/C15H22N2O2/c1-11-4-3-5-12(16)13(11)14(18)17-10-15(6-7-15)8-9-19-2/h3-5H,6-10,16H2,1-2H3,(H,17,18). The molecule has 0 unspecified atom stereocenters. The van der Waals surface area contributed by atoms with Gasteiger partial charge in [-0.1, -0.05) is 12.1 Å². The Kier molecular flexibility index (Phi) is 4.10. The van der Waals surface area contributed by atoms with Gasteiger partial charge in [-0.3, -0.25) is 4.79 Å². The third-order valence-electron chi connectivity index (χ3n) is 3.95. The molecule has 1 saturated carbocycles. The molecule has 104 valence electrons. The number of hydrogen-bond donors (Lipinski definition) is 2. The molecule has 0 saturated heterocycles. The van der Waals surface area contributed by atoms with Gasteiger partial charge >= 0.3 is 0 Å². The number of benzene rings is 1. The zero-order valence-corrected chi connectivity index (χ0v) is 11.7. The van der Waals surface area contributed by atoms with E-state index in [2.05, 4.69) is 5.32 Å². The molecule has 0 heterocycles. The number of nitrogens with one attached hydrogen (secondary N) is 1. The monoisotopic (exact) mass is 262 g/mol. The molecule has 4 nitrogen and oxygen atoms in total. The zero-order chi connectivity index (χ0) is 13.9. The highest BCUT2D eigenvalue weighted by molar-refractivity contribution is 6.00. The van der Waals surface area contributed by atoms with Gasteiger partial charge in [0.1, 0.15) is 0 Å². The Labute approximate surface area is 114 Å². The van der Waals surface area contributed by atoms with Gasteiger partial charge in [0.25, 0.3) is 5.91 Å². The molecule has 0 spiro atoms. The largest absolute Gasteiger partial charge is 0.398 e. The highest BCUT2D eigenvalue weighted by Gasteiger charge is 2.42. The molecule has 1 amide bonds. The van der Waals surface area contributed by atoms with Crippen LogP contribution in [0.1, 0.15) is 35.2 Å². The predicted octanol–water partition coefficient (Wildman–Crippen LogP) is 2.12. The normalized spacial score (nSPS) is 16.1. The van der Waals surface area contributed by atoms with E-state index in [0.29, 0.717) is 17.8 Å². The first-order chi connectivity index (χ1) is 9.08. The number of anilines is 1. The van der Waals surface area contributed by atoms with Crippen LogP contribution in [0.2, 0.25) is 0 Å². The van der Waals surface area contributed by atoms with Crippen molar-refractivity contribution in [2.24, 2.45) is 5.41 Å². The van der Waals surface area contributed by atoms with Crippen LogP contribution in [0.25, 0.3) is 0 Å². The minimum atomic E-state index is -0.0701. The lowest BCUT2D eigenvalue weighted by molar-refractivity contribution is 0.0938. The summed E-state index contributed by atoms with van der Waals surface area (Å²) in [6, 6.07) is 5.53. The number of carbonyl (C=O) groups is 1. The van der Waals surface area contributed by atoms with E-state index in [0.717, 1.165) is 18.6 Å². The lowest BCUT2D eigenvalue weighted by Crippen LogP contribution is -2.31. The Balaban J connectivity index is 1.95. The Hall–Kier alpha value is -1.55. The van der Waals surface area contributed by atoms with Gasteiger partial charge in [-0.05, 0) is 43.2 Å². The zero-order valence-electron chi connectivity index (χ0n) is 11.7. The molecular weight excluding hydrogens is 240 g/mol. The Morgan fingerprint density at radius 3 is 2.79 bits per heavy atom. The summed E-state index contributed by atoms with van der Waals surface area (Å²) in [5.41, 5.74) is 8.19. The topological polar surface area (TPSA) is 64.3 Å². The van der Waals surface area contributed by atoms with Gasteiger partial charge in [0.15, 0.2) is 0 Å². The Morgan fingerprint density at radius 2 is 2.21 bits per heavy atom. The van der Waals surface area contributed by atoms with Crippen molar-refractivity contribution >= 4 is 11.6 Å². The van der Waals surface area contributed by atoms with Gasteiger partial charge in [-0.25, -0.2) is 0 Å². The summed E-state index contributed by atoms with van der Waals surface area (Å²) in [4.78, 5) is 12.2. The molecule has 1 aromatic rings. The van der Waals surface area contributed by atoms with E-state index in [1.165, 1.54) is 12.8 Å². The van der Waals surface area contributed by atoms with Crippen LogP contribution in [0.15, 0.2) is 18.2 Å². The van der Waals surface area contributed by atoms with E-state index in [4.69, 9.17) is 10.5 Å². The first-order valence-electron chi connectivity index (χ1n) is 6.70. The molecule has 0 aliphatic heterocycles. The molecule has 1 aromatic carbocycles. The quantitative estimate of drug-likeness (QED) is 0.772. The van der Waals surface area contributed by atoms with Crippen molar-refractivity contribution in [2.75, 3.05) is 26.0 Å². The van der Waals surface area contributed by atoms with Crippen molar-refractivity contribution in [1.82, 2.24) is 5.32 Å². The number of nitrogen functional groups attached to an aromatic ring is 1. The summed E-state index contributed by atoms with van der Waals surface area (Å²) >= 11 is 0. The molecule has 1 aliphatic rings. The molecule has 2 rings (SSSR count). The van der Waals surface area contributed by atoms with Crippen LogP contribution in [0, 0.1) is 12.3 Å². The molecule has 0 aromatic heterocycles. The second-order valence-electron chi connectivity index (χ2n) is 5.46. The fourth-order valence-electron chi connectivity index (χ4n) is 2.37. The molecule has 3 N–H and O–H groups in total. The number of carbonyl (C=O) groups excluding carboxylic acids is 1. The lowest BCUT2D eigenvalue weighted by Gasteiger charge is -2.16. The van der Waals surface area contributed by atoms with Crippen molar-refractivity contribution in [1.29, 1.82) is 0 Å². The number of aryl methyl sites for hydroxylation is 1. The van der Waals surface area contributed by atoms with Crippen LogP contribution in [-0.2, 0) is 4.74 Å². The van der Waals surface area contributed by atoms with Crippen LogP contribution in [0.4, 0.5) is 5.69 Å². The maximum Gasteiger partial charge on any atom is 0.253 e. The first kappa shape index (κ1) is 13.9. The number of amides is 1. The first-order valence-corrected chi connectivity index (χ1v) is 6.70. The fourth-order valence-corrected chi connectivity index (χ4v) is 2.37. The SMILES string of the molecule is COCCC1(CNC(=O)c2c(C)cccc2N)CC1. The van der Waals surface area contributed by atoms with Crippen LogP contribution in [-0.4, -0.2) is 26.2 Å². The molecule has 19 heavy (non-hydrogen) atoms. The average Bonchev–Trinajstić information content (AvgIpc) is 3.14. The summed E-state index contributed by atoms with van der Waals surface area (Å²) in [6.45, 7) is 3.37. The van der Waals surface area contributed by atoms with Gasteiger partial charge in [0, 0.05) is 25.9 Å². The average molecular weight is 262 g/mol. The van der Waals surface area contributed by atoms with Crippen molar-refractivity contribution in [2.45, 2.75) is 26.2 Å². The number of methoxy groups -OCH3 is 1. The fraction of sp³-hybridized carbons (Fsp3) is 0.533. The molecule has 4 heteroatoms. The van der Waals surface area contributed by atoms with Crippen molar-refractivity contribution in [3.8, 4) is 0 Å². The van der Waals surface area contributed by atoms with Gasteiger partial charge < -0.3 is 15.8 Å². The van der Waals surface area contributed by atoms with Crippen LogP contribution < -0.4 is 11.1 Å². The summed E-state index contributed by atoms with van der Waals surface area (Å²) in [5.74, 6) is -0.0701. The summed E-state index contributed by atoms with van der Waals surface area (Å²) in [5, 5.41) is 3.02. The van der Waals surface area contributed by atoms with E-state index in [1.54, 1.807) is 13.2 Å². The van der Waals surface area contributed by atoms with Crippen molar-refractivity contribution in [3.63, 3.8) is 0 Å². The van der Waals surface area contributed by atoms with E-state index in [9.17, 15) is 4.79 Å². The van der Waals surface area contributed by atoms with Gasteiger partial charge in [-0.15, -0.1) is 0 Å². The highest BCUT2D eigenvalue weighted by atomic mass is 16.5. The molecule has 1 aliphatic carbocycles. The van der Waals surface area contributed by atoms with E-state index in [1.807, 2.05) is 19.1 Å². The minimum absolute atomic E-state index is 0.0701. The summed E-state index contributed by atoms with van der Waals surface area (Å²) in [6.07, 6.45) is 3.34. The highest BCUT2D eigenvalue weighted by Crippen LogP contribution is 2.48. The number of ether oxygens (including phenoxy) is 1. The number of hydrogen-bond acceptors (Lipinski definition) is 3. The second-order valence-corrected chi connectivity index (χ2v) is 5.46. The third-order valence-corrected chi connectivity index (χ3v) is 3.95. The molecule has 0 atom stereocenters. The second kappa shape index (κ2) is 5.61. The molecule has 0 bridgehead atoms. The van der Waals surface area contributed by atoms with E-state index < -0.39 is 0 Å². The predicted molar refractivity (Wildman–Crippen MR) is 76.1 cm³/mol. The summed E-state index contributed by atoms with van der Waals surface area (Å²) in [7, 11) is 1.71. The smallest absolute Gasteiger partial charge is 0.253 e. The third kappa shape index (κ3) is 3.26. The van der Waals surface area contributed by atoms with Crippen LogP contribution in [0.3, 0.4) is 0 Å². The van der Waals surface area contributed by atoms with E-state index in [-0.39, 0.29) is 11.3 Å². The molecule has 0 radical (unpaired) electrons. The number of nitrogens with two attached hydrogens (primary N) is 1. The minimum Gasteiger partial charge on any atom is -0.398 e.